The normalized spacial score (nSPS) is 22.0. The van der Waals surface area contributed by atoms with Gasteiger partial charge in [0.25, 0.3) is 6.01 Å². The number of piperidine rings is 1. The van der Waals surface area contributed by atoms with Crippen LogP contribution in [0.5, 0.6) is 0 Å². The molecule has 0 aliphatic carbocycles. The van der Waals surface area contributed by atoms with E-state index >= 15 is 0 Å². The van der Waals surface area contributed by atoms with Gasteiger partial charge in [0.2, 0.25) is 0 Å². The minimum absolute atomic E-state index is 0.441. The van der Waals surface area contributed by atoms with Crippen molar-refractivity contribution in [2.75, 3.05) is 18.0 Å². The number of nitrogens with two attached hydrogens (primary N) is 2. The van der Waals surface area contributed by atoms with Crippen molar-refractivity contribution in [2.24, 2.45) is 11.5 Å². The second-order valence-corrected chi connectivity index (χ2v) is 5.63. The highest BCUT2D eigenvalue weighted by atomic mass is 16.4. The molecule has 1 saturated heterocycles. The van der Waals surface area contributed by atoms with Gasteiger partial charge in [-0.2, -0.15) is 4.98 Å². The van der Waals surface area contributed by atoms with Crippen LogP contribution < -0.4 is 21.7 Å². The minimum atomic E-state index is -0.625. The molecule has 1 aromatic heterocycles. The van der Waals surface area contributed by atoms with Gasteiger partial charge >= 0.3 is 6.03 Å². The number of aromatic nitrogens is 1. The van der Waals surface area contributed by atoms with Gasteiger partial charge in [-0.25, -0.2) is 4.79 Å². The number of benzene rings is 1. The number of nitrogens with one attached hydrogen (secondary N) is 1. The van der Waals surface area contributed by atoms with E-state index in [2.05, 4.69) is 10.3 Å². The van der Waals surface area contributed by atoms with Crippen molar-refractivity contribution in [3.63, 3.8) is 0 Å². The number of carbonyl (C=O) groups is 1. The summed E-state index contributed by atoms with van der Waals surface area (Å²) in [4.78, 5) is 18.0. The summed E-state index contributed by atoms with van der Waals surface area (Å²) in [5, 5.41) is 2.87. The summed E-state index contributed by atoms with van der Waals surface area (Å²) in [5.41, 5.74) is 12.0. The van der Waals surface area contributed by atoms with Crippen molar-refractivity contribution < 1.29 is 9.21 Å². The number of amides is 2. The van der Waals surface area contributed by atoms with Crippen LogP contribution in [0.4, 0.5) is 10.8 Å². The summed E-state index contributed by atoms with van der Waals surface area (Å²) in [5.74, 6) is 0. The summed E-state index contributed by atoms with van der Waals surface area (Å²) in [6, 6.07) is 7.54. The number of fused-ring (bicyclic) bond motifs is 1. The molecule has 2 heterocycles. The average Bonchev–Trinajstić information content (AvgIpc) is 2.90. The standard InChI is InChI=1S/C15H21N5O2/c16-9-8-15(19-13(17)21)7-3-4-10-20(15)14-18-11-5-1-2-6-12(11)22-14/h1-2,5-6H,3-4,7-10,16H2,(H3,17,19,21). The Morgan fingerprint density at radius 1 is 1.41 bits per heavy atom. The third kappa shape index (κ3) is 2.59. The summed E-state index contributed by atoms with van der Waals surface area (Å²) in [6.45, 7) is 1.18. The number of carbonyl (C=O) groups excluding carboxylic acids is 1. The zero-order valence-electron chi connectivity index (χ0n) is 12.4. The summed E-state index contributed by atoms with van der Waals surface area (Å²) in [6.07, 6.45) is 3.36. The number of anilines is 1. The molecule has 118 valence electrons. The number of rotatable bonds is 4. The molecule has 2 amide bonds. The van der Waals surface area contributed by atoms with Crippen molar-refractivity contribution in [3.8, 4) is 0 Å². The molecule has 1 aliphatic rings. The van der Waals surface area contributed by atoms with Crippen LogP contribution in [-0.2, 0) is 0 Å². The Hall–Kier alpha value is -2.28. The van der Waals surface area contributed by atoms with E-state index in [-0.39, 0.29) is 0 Å². The number of nitrogens with zero attached hydrogens (tertiary/aromatic N) is 2. The number of hydrogen-bond acceptors (Lipinski definition) is 5. The van der Waals surface area contributed by atoms with E-state index in [1.165, 1.54) is 0 Å². The van der Waals surface area contributed by atoms with Crippen LogP contribution in [0.15, 0.2) is 28.7 Å². The summed E-state index contributed by atoms with van der Waals surface area (Å²) in [7, 11) is 0. The van der Waals surface area contributed by atoms with Crippen molar-refractivity contribution in [3.05, 3.63) is 24.3 Å². The Labute approximate surface area is 128 Å². The van der Waals surface area contributed by atoms with Gasteiger partial charge in [-0.1, -0.05) is 12.1 Å². The van der Waals surface area contributed by atoms with Crippen LogP contribution in [0.25, 0.3) is 11.1 Å². The van der Waals surface area contributed by atoms with Gasteiger partial charge in [-0.05, 0) is 37.9 Å². The van der Waals surface area contributed by atoms with Gasteiger partial charge in [0.15, 0.2) is 5.58 Å². The molecule has 1 aliphatic heterocycles. The van der Waals surface area contributed by atoms with Gasteiger partial charge in [0, 0.05) is 13.0 Å². The van der Waals surface area contributed by atoms with Gasteiger partial charge < -0.3 is 26.1 Å². The molecule has 0 radical (unpaired) electrons. The van der Waals surface area contributed by atoms with Gasteiger partial charge in [0.05, 0.1) is 0 Å². The Kier molecular flexibility index (Phi) is 3.89. The minimum Gasteiger partial charge on any atom is -0.423 e. The zero-order chi connectivity index (χ0) is 15.6. The SMILES string of the molecule is NCCC1(NC(N)=O)CCCCN1c1nc2ccccc2o1. The first-order valence-electron chi connectivity index (χ1n) is 7.55. The van der Waals surface area contributed by atoms with Crippen LogP contribution in [0.3, 0.4) is 0 Å². The highest BCUT2D eigenvalue weighted by molar-refractivity contribution is 5.75. The maximum absolute atomic E-state index is 11.5. The Balaban J connectivity index is 2.01. The topological polar surface area (TPSA) is 110 Å². The van der Waals surface area contributed by atoms with Crippen molar-refractivity contribution in [1.82, 2.24) is 10.3 Å². The summed E-state index contributed by atoms with van der Waals surface area (Å²) < 4.78 is 5.87. The first kappa shape index (κ1) is 14.6. The molecule has 0 spiro atoms. The second-order valence-electron chi connectivity index (χ2n) is 5.63. The Morgan fingerprint density at radius 3 is 2.95 bits per heavy atom. The quantitative estimate of drug-likeness (QED) is 0.793. The molecule has 0 saturated carbocycles. The molecule has 7 heteroatoms. The number of hydrogen-bond donors (Lipinski definition) is 3. The number of urea groups is 1. The molecule has 2 aromatic rings. The zero-order valence-corrected chi connectivity index (χ0v) is 12.4. The lowest BCUT2D eigenvalue weighted by Gasteiger charge is -2.46. The molecular weight excluding hydrogens is 282 g/mol. The Morgan fingerprint density at radius 2 is 2.23 bits per heavy atom. The lowest BCUT2D eigenvalue weighted by atomic mass is 9.92. The molecule has 1 atom stereocenters. The molecule has 1 unspecified atom stereocenters. The number of primary amides is 1. The molecule has 7 nitrogen and oxygen atoms in total. The van der Waals surface area contributed by atoms with E-state index in [4.69, 9.17) is 15.9 Å². The predicted molar refractivity (Wildman–Crippen MR) is 84.3 cm³/mol. The first-order valence-corrected chi connectivity index (χ1v) is 7.55. The highest BCUT2D eigenvalue weighted by Gasteiger charge is 2.41. The van der Waals surface area contributed by atoms with Crippen molar-refractivity contribution in [2.45, 2.75) is 31.3 Å². The fourth-order valence-corrected chi connectivity index (χ4v) is 3.21. The van der Waals surface area contributed by atoms with E-state index in [1.54, 1.807) is 0 Å². The Bertz CT molecular complexity index is 634. The van der Waals surface area contributed by atoms with E-state index in [9.17, 15) is 4.79 Å². The van der Waals surface area contributed by atoms with Crippen molar-refractivity contribution >= 4 is 23.1 Å². The molecule has 5 N–H and O–H groups in total. The van der Waals surface area contributed by atoms with Crippen LogP contribution >= 0.6 is 0 Å². The third-order valence-electron chi connectivity index (χ3n) is 4.17. The van der Waals surface area contributed by atoms with Gasteiger partial charge in [-0.15, -0.1) is 0 Å². The molecule has 1 aromatic carbocycles. The van der Waals surface area contributed by atoms with E-state index in [0.717, 1.165) is 36.9 Å². The van der Waals surface area contributed by atoms with Crippen LogP contribution in [0.1, 0.15) is 25.7 Å². The van der Waals surface area contributed by atoms with E-state index in [0.29, 0.717) is 19.0 Å². The molecular formula is C15H21N5O2. The lowest BCUT2D eigenvalue weighted by molar-refractivity contribution is 0.205. The van der Waals surface area contributed by atoms with Crippen LogP contribution in [0, 0.1) is 0 Å². The third-order valence-corrected chi connectivity index (χ3v) is 4.17. The second kappa shape index (κ2) is 5.84. The van der Waals surface area contributed by atoms with E-state index < -0.39 is 11.7 Å². The lowest BCUT2D eigenvalue weighted by Crippen LogP contribution is -2.64. The molecule has 3 rings (SSSR count). The maximum Gasteiger partial charge on any atom is 0.314 e. The first-order chi connectivity index (χ1) is 10.6. The van der Waals surface area contributed by atoms with Crippen LogP contribution in [-0.4, -0.2) is 29.8 Å². The largest absolute Gasteiger partial charge is 0.423 e. The predicted octanol–water partition coefficient (Wildman–Crippen LogP) is 1.53. The maximum atomic E-state index is 11.5. The molecule has 22 heavy (non-hydrogen) atoms. The molecule has 0 bridgehead atoms. The van der Waals surface area contributed by atoms with Crippen molar-refractivity contribution in [1.29, 1.82) is 0 Å². The molecule has 1 fully saturated rings. The number of oxazole rings is 1. The van der Waals surface area contributed by atoms with Crippen LogP contribution in [0.2, 0.25) is 0 Å². The van der Waals surface area contributed by atoms with Gasteiger partial charge in [-0.3, -0.25) is 0 Å². The van der Waals surface area contributed by atoms with Gasteiger partial charge in [0.1, 0.15) is 11.2 Å². The fourth-order valence-electron chi connectivity index (χ4n) is 3.21. The fraction of sp³-hybridized carbons (Fsp3) is 0.467. The summed E-state index contributed by atoms with van der Waals surface area (Å²) >= 11 is 0. The smallest absolute Gasteiger partial charge is 0.314 e. The highest BCUT2D eigenvalue weighted by Crippen LogP contribution is 2.34. The average molecular weight is 303 g/mol. The van der Waals surface area contributed by atoms with E-state index in [1.807, 2.05) is 29.2 Å². The number of para-hydroxylation sites is 2. The monoisotopic (exact) mass is 303 g/mol.